The van der Waals surface area contributed by atoms with Crippen LogP contribution in [0.4, 0.5) is 0 Å². The van der Waals surface area contributed by atoms with Crippen molar-refractivity contribution in [2.24, 2.45) is 0 Å². The summed E-state index contributed by atoms with van der Waals surface area (Å²) in [6.07, 6.45) is 30.4. The number of carboxylic acid groups (broad SMARTS) is 1. The molecule has 3 heteroatoms. The van der Waals surface area contributed by atoms with Crippen LogP contribution in [0.5, 0.6) is 0 Å². The molecule has 0 rings (SSSR count). The molecule has 0 saturated heterocycles. The third kappa shape index (κ3) is 26.0. The highest BCUT2D eigenvalue weighted by Gasteiger charge is 1.97. The summed E-state index contributed by atoms with van der Waals surface area (Å²) < 4.78 is 0. The van der Waals surface area contributed by atoms with E-state index in [1.165, 1.54) is 134 Å². The molecule has 0 spiro atoms. The molecule has 0 bridgehead atoms. The average molecular weight is 462 g/mol. The number of hydrogen-bond acceptors (Lipinski definition) is 1. The van der Waals surface area contributed by atoms with Gasteiger partial charge in [-0.3, -0.25) is 4.79 Å². The van der Waals surface area contributed by atoms with E-state index in [1.54, 1.807) is 0 Å². The molecular formula is C25H49BrO2. The summed E-state index contributed by atoms with van der Waals surface area (Å²) in [4.78, 5) is 10.4. The standard InChI is InChI=1S/C25H49BrO2/c26-24-22-20-18-16-14-12-10-8-6-4-2-1-3-5-7-9-11-13-15-17-19-21-23-25(27)28/h1-24H2,(H,27,28). The molecule has 28 heavy (non-hydrogen) atoms. The van der Waals surface area contributed by atoms with Crippen LogP contribution >= 0.6 is 15.9 Å². The smallest absolute Gasteiger partial charge is 0.303 e. The summed E-state index contributed by atoms with van der Waals surface area (Å²) in [5.74, 6) is -0.651. The third-order valence-electron chi connectivity index (χ3n) is 5.77. The molecule has 0 radical (unpaired) electrons. The number of carboxylic acids is 1. The number of hydrogen-bond donors (Lipinski definition) is 1. The van der Waals surface area contributed by atoms with Crippen molar-refractivity contribution in [1.29, 1.82) is 0 Å². The molecular weight excluding hydrogens is 412 g/mol. The van der Waals surface area contributed by atoms with Gasteiger partial charge in [0.05, 0.1) is 0 Å². The van der Waals surface area contributed by atoms with Gasteiger partial charge in [0.25, 0.3) is 0 Å². The highest BCUT2D eigenvalue weighted by Crippen LogP contribution is 2.15. The van der Waals surface area contributed by atoms with E-state index < -0.39 is 5.97 Å². The summed E-state index contributed by atoms with van der Waals surface area (Å²) in [5, 5.41) is 9.76. The van der Waals surface area contributed by atoms with Crippen molar-refractivity contribution in [2.75, 3.05) is 5.33 Å². The van der Waals surface area contributed by atoms with E-state index in [4.69, 9.17) is 5.11 Å². The Morgan fingerprint density at radius 2 is 0.643 bits per heavy atom. The second-order valence-electron chi connectivity index (χ2n) is 8.61. The van der Waals surface area contributed by atoms with E-state index in [0.717, 1.165) is 12.8 Å². The molecule has 0 aliphatic rings. The Morgan fingerprint density at radius 1 is 0.429 bits per heavy atom. The van der Waals surface area contributed by atoms with Gasteiger partial charge < -0.3 is 5.11 Å². The molecule has 0 atom stereocenters. The Hall–Kier alpha value is -0.0500. The number of carbonyl (C=O) groups is 1. The minimum Gasteiger partial charge on any atom is -0.481 e. The lowest BCUT2D eigenvalue weighted by atomic mass is 10.0. The van der Waals surface area contributed by atoms with Gasteiger partial charge in [-0.25, -0.2) is 0 Å². The van der Waals surface area contributed by atoms with Crippen LogP contribution in [0.15, 0.2) is 0 Å². The maximum absolute atomic E-state index is 10.4. The van der Waals surface area contributed by atoms with Gasteiger partial charge in [-0.05, 0) is 12.8 Å². The zero-order valence-electron chi connectivity index (χ0n) is 18.7. The lowest BCUT2D eigenvalue weighted by Gasteiger charge is -2.04. The molecule has 168 valence electrons. The van der Waals surface area contributed by atoms with Crippen LogP contribution in [0.25, 0.3) is 0 Å². The summed E-state index contributed by atoms with van der Waals surface area (Å²) in [6.45, 7) is 0. The first-order valence-corrected chi connectivity index (χ1v) is 13.7. The van der Waals surface area contributed by atoms with Crippen molar-refractivity contribution in [3.8, 4) is 0 Å². The van der Waals surface area contributed by atoms with Gasteiger partial charge >= 0.3 is 5.97 Å². The zero-order valence-corrected chi connectivity index (χ0v) is 20.3. The van der Waals surface area contributed by atoms with E-state index in [1.807, 2.05) is 0 Å². The first-order valence-electron chi connectivity index (χ1n) is 12.5. The summed E-state index contributed by atoms with van der Waals surface area (Å²) in [6, 6.07) is 0. The fraction of sp³-hybridized carbons (Fsp3) is 0.960. The number of rotatable bonds is 24. The minimum absolute atomic E-state index is 0.345. The lowest BCUT2D eigenvalue weighted by Crippen LogP contribution is -1.93. The predicted octanol–water partition coefficient (Wildman–Crippen LogP) is 9.44. The van der Waals surface area contributed by atoms with E-state index in [-0.39, 0.29) is 0 Å². The van der Waals surface area contributed by atoms with E-state index in [2.05, 4.69) is 15.9 Å². The molecule has 0 aliphatic heterocycles. The Kier molecular flexibility index (Phi) is 24.9. The third-order valence-corrected chi connectivity index (χ3v) is 6.34. The van der Waals surface area contributed by atoms with Crippen LogP contribution in [0.1, 0.15) is 148 Å². The molecule has 1 N–H and O–H groups in total. The zero-order chi connectivity index (χ0) is 20.5. The molecule has 0 aromatic rings. The first-order chi connectivity index (χ1) is 13.8. The number of halogens is 1. The van der Waals surface area contributed by atoms with Gasteiger partial charge in [-0.15, -0.1) is 0 Å². The van der Waals surface area contributed by atoms with Gasteiger partial charge in [-0.1, -0.05) is 144 Å². The van der Waals surface area contributed by atoms with E-state index >= 15 is 0 Å². The number of aliphatic carboxylic acids is 1. The molecule has 0 fully saturated rings. The minimum atomic E-state index is -0.651. The second-order valence-corrected chi connectivity index (χ2v) is 9.40. The Labute approximate surface area is 184 Å². The Bertz CT molecular complexity index is 307. The molecule has 0 heterocycles. The first kappa shape index (κ1) is 27.9. The van der Waals surface area contributed by atoms with Gasteiger partial charge in [0.1, 0.15) is 0 Å². The van der Waals surface area contributed by atoms with E-state index in [0.29, 0.717) is 6.42 Å². The molecule has 0 unspecified atom stereocenters. The van der Waals surface area contributed by atoms with Gasteiger partial charge in [0.2, 0.25) is 0 Å². The van der Waals surface area contributed by atoms with Crippen molar-refractivity contribution in [3.63, 3.8) is 0 Å². The maximum atomic E-state index is 10.4. The van der Waals surface area contributed by atoms with Crippen LogP contribution in [0.2, 0.25) is 0 Å². The highest BCUT2D eigenvalue weighted by atomic mass is 79.9. The fourth-order valence-electron chi connectivity index (χ4n) is 3.91. The van der Waals surface area contributed by atoms with Crippen LogP contribution in [-0.4, -0.2) is 16.4 Å². The number of unbranched alkanes of at least 4 members (excludes halogenated alkanes) is 21. The molecule has 2 nitrogen and oxygen atoms in total. The fourth-order valence-corrected chi connectivity index (χ4v) is 4.30. The van der Waals surface area contributed by atoms with Crippen LogP contribution < -0.4 is 0 Å². The largest absolute Gasteiger partial charge is 0.481 e. The van der Waals surface area contributed by atoms with Crippen molar-refractivity contribution in [1.82, 2.24) is 0 Å². The maximum Gasteiger partial charge on any atom is 0.303 e. The molecule has 0 amide bonds. The summed E-state index contributed by atoms with van der Waals surface area (Å²) >= 11 is 3.50. The monoisotopic (exact) mass is 460 g/mol. The lowest BCUT2D eigenvalue weighted by molar-refractivity contribution is -0.137. The van der Waals surface area contributed by atoms with Gasteiger partial charge in [0, 0.05) is 11.8 Å². The van der Waals surface area contributed by atoms with Gasteiger partial charge in [-0.2, -0.15) is 0 Å². The van der Waals surface area contributed by atoms with Crippen LogP contribution in [0.3, 0.4) is 0 Å². The summed E-state index contributed by atoms with van der Waals surface area (Å²) in [7, 11) is 0. The van der Waals surface area contributed by atoms with Gasteiger partial charge in [0.15, 0.2) is 0 Å². The van der Waals surface area contributed by atoms with Crippen LogP contribution in [-0.2, 0) is 4.79 Å². The van der Waals surface area contributed by atoms with Crippen molar-refractivity contribution < 1.29 is 9.90 Å². The Morgan fingerprint density at radius 3 is 0.857 bits per heavy atom. The topological polar surface area (TPSA) is 37.3 Å². The molecule has 0 aromatic carbocycles. The highest BCUT2D eigenvalue weighted by molar-refractivity contribution is 9.09. The average Bonchev–Trinajstić information content (AvgIpc) is 2.68. The van der Waals surface area contributed by atoms with Crippen molar-refractivity contribution >= 4 is 21.9 Å². The van der Waals surface area contributed by atoms with Crippen LogP contribution in [0, 0.1) is 0 Å². The summed E-state index contributed by atoms with van der Waals surface area (Å²) in [5.41, 5.74) is 0. The molecule has 0 aromatic heterocycles. The SMILES string of the molecule is O=C(O)CCCCCCCCCCCCCCCCCCCCCCCCBr. The molecule has 0 saturated carbocycles. The second kappa shape index (κ2) is 25.0. The predicted molar refractivity (Wildman–Crippen MR) is 128 cm³/mol. The Balaban J connectivity index is 2.99. The normalized spacial score (nSPS) is 11.2. The van der Waals surface area contributed by atoms with Crippen molar-refractivity contribution in [2.45, 2.75) is 148 Å². The number of alkyl halides is 1. The molecule has 0 aliphatic carbocycles. The van der Waals surface area contributed by atoms with Crippen molar-refractivity contribution in [3.05, 3.63) is 0 Å². The van der Waals surface area contributed by atoms with E-state index in [9.17, 15) is 4.79 Å². The quantitative estimate of drug-likeness (QED) is 0.115.